The predicted octanol–water partition coefficient (Wildman–Crippen LogP) is 1.30. The van der Waals surface area contributed by atoms with E-state index >= 15 is 0 Å². The van der Waals surface area contributed by atoms with Gasteiger partial charge in [-0.15, -0.1) is 0 Å². The number of rotatable bonds is 2. The van der Waals surface area contributed by atoms with E-state index in [9.17, 15) is 9.59 Å². The molecule has 0 aliphatic rings. The standard InChI is InChI=1S/C16H13N5O2/c1-20-16(23)13-12(8-9-6-7-18-15(9)19-13)21(20)11-5-3-2-4-10(11)14(17)22/h2-8H,1H3,(H2,17,22)(H,18,19). The number of carbonyl (C=O) groups is 1. The second-order valence-electron chi connectivity index (χ2n) is 5.29. The predicted molar refractivity (Wildman–Crippen MR) is 86.7 cm³/mol. The Balaban J connectivity index is 2.17. The van der Waals surface area contributed by atoms with Crippen molar-refractivity contribution in [1.29, 1.82) is 0 Å². The zero-order valence-corrected chi connectivity index (χ0v) is 12.3. The van der Waals surface area contributed by atoms with Crippen LogP contribution < -0.4 is 11.3 Å². The van der Waals surface area contributed by atoms with Crippen molar-refractivity contribution in [1.82, 2.24) is 19.3 Å². The molecule has 4 aromatic rings. The minimum Gasteiger partial charge on any atom is -0.366 e. The largest absolute Gasteiger partial charge is 0.366 e. The molecule has 0 bridgehead atoms. The molecule has 0 atom stereocenters. The van der Waals surface area contributed by atoms with Gasteiger partial charge in [0.25, 0.3) is 11.5 Å². The number of hydrogen-bond acceptors (Lipinski definition) is 3. The molecule has 3 N–H and O–H groups in total. The molecule has 0 fully saturated rings. The average molecular weight is 307 g/mol. The molecule has 7 nitrogen and oxygen atoms in total. The lowest BCUT2D eigenvalue weighted by Crippen LogP contribution is -2.21. The normalized spacial score (nSPS) is 11.3. The van der Waals surface area contributed by atoms with Crippen LogP contribution in [0.15, 0.2) is 47.4 Å². The minimum absolute atomic E-state index is 0.240. The Morgan fingerprint density at radius 3 is 2.83 bits per heavy atom. The molecule has 0 saturated heterocycles. The van der Waals surface area contributed by atoms with Crippen LogP contribution in [0.4, 0.5) is 0 Å². The highest BCUT2D eigenvalue weighted by Gasteiger charge is 2.18. The summed E-state index contributed by atoms with van der Waals surface area (Å²) in [5.41, 5.74) is 7.72. The number of hydrogen-bond donors (Lipinski definition) is 2. The first kappa shape index (κ1) is 13.3. The van der Waals surface area contributed by atoms with Crippen molar-refractivity contribution >= 4 is 28.0 Å². The van der Waals surface area contributed by atoms with Gasteiger partial charge in [0, 0.05) is 18.6 Å². The summed E-state index contributed by atoms with van der Waals surface area (Å²) in [7, 11) is 1.64. The van der Waals surface area contributed by atoms with E-state index in [1.807, 2.05) is 12.1 Å². The van der Waals surface area contributed by atoms with Crippen LogP contribution in [0.5, 0.6) is 0 Å². The van der Waals surface area contributed by atoms with Crippen molar-refractivity contribution in [3.05, 3.63) is 58.5 Å². The molecule has 0 aliphatic heterocycles. The van der Waals surface area contributed by atoms with Crippen molar-refractivity contribution in [2.75, 3.05) is 0 Å². The van der Waals surface area contributed by atoms with Gasteiger partial charge in [-0.2, -0.15) is 0 Å². The number of aromatic amines is 1. The lowest BCUT2D eigenvalue weighted by Gasteiger charge is -2.12. The molecular formula is C16H13N5O2. The minimum atomic E-state index is -0.550. The Morgan fingerprint density at radius 1 is 1.26 bits per heavy atom. The van der Waals surface area contributed by atoms with Crippen molar-refractivity contribution in [3.63, 3.8) is 0 Å². The van der Waals surface area contributed by atoms with Crippen LogP contribution in [-0.4, -0.2) is 25.2 Å². The zero-order valence-electron chi connectivity index (χ0n) is 12.3. The van der Waals surface area contributed by atoms with E-state index in [1.54, 1.807) is 42.2 Å². The molecule has 4 rings (SSSR count). The third-order valence-electron chi connectivity index (χ3n) is 3.94. The summed E-state index contributed by atoms with van der Waals surface area (Å²) in [6, 6.07) is 10.7. The number of pyridine rings is 1. The number of aromatic nitrogens is 4. The number of nitrogens with zero attached hydrogens (tertiary/aromatic N) is 3. The first-order valence-electron chi connectivity index (χ1n) is 7.03. The SMILES string of the molecule is Cn1c(=O)c2nc3[nH]ccc3cc2n1-c1ccccc1C(N)=O. The Bertz CT molecular complexity index is 1130. The molecule has 0 radical (unpaired) electrons. The second kappa shape index (κ2) is 4.57. The summed E-state index contributed by atoms with van der Waals surface area (Å²) >= 11 is 0. The van der Waals surface area contributed by atoms with Crippen molar-refractivity contribution in [2.45, 2.75) is 0 Å². The van der Waals surface area contributed by atoms with Crippen molar-refractivity contribution < 1.29 is 4.79 Å². The first-order valence-corrected chi connectivity index (χ1v) is 7.03. The zero-order chi connectivity index (χ0) is 16.1. The quantitative estimate of drug-likeness (QED) is 0.584. The Hall–Kier alpha value is -3.35. The summed E-state index contributed by atoms with van der Waals surface area (Å²) in [4.78, 5) is 31.6. The number of amides is 1. The molecule has 1 amide bonds. The van der Waals surface area contributed by atoms with E-state index < -0.39 is 5.91 Å². The lowest BCUT2D eigenvalue weighted by atomic mass is 10.1. The van der Waals surface area contributed by atoms with Gasteiger partial charge in [-0.25, -0.2) is 14.3 Å². The highest BCUT2D eigenvalue weighted by molar-refractivity contribution is 5.98. The summed E-state index contributed by atoms with van der Waals surface area (Å²) in [6.07, 6.45) is 1.77. The molecule has 7 heteroatoms. The molecule has 23 heavy (non-hydrogen) atoms. The number of benzene rings is 1. The van der Waals surface area contributed by atoms with Crippen molar-refractivity contribution in [2.24, 2.45) is 12.8 Å². The van der Waals surface area contributed by atoms with E-state index in [1.165, 1.54) is 4.68 Å². The highest BCUT2D eigenvalue weighted by atomic mass is 16.1. The van der Waals surface area contributed by atoms with Gasteiger partial charge in [0.05, 0.1) is 16.8 Å². The van der Waals surface area contributed by atoms with E-state index in [0.29, 0.717) is 27.9 Å². The number of nitrogens with two attached hydrogens (primary N) is 1. The van der Waals surface area contributed by atoms with Crippen LogP contribution in [0.2, 0.25) is 0 Å². The van der Waals surface area contributed by atoms with Crippen LogP contribution >= 0.6 is 0 Å². The van der Waals surface area contributed by atoms with Crippen LogP contribution in [0.25, 0.3) is 27.8 Å². The van der Waals surface area contributed by atoms with Gasteiger partial charge >= 0.3 is 0 Å². The summed E-state index contributed by atoms with van der Waals surface area (Å²) in [5.74, 6) is -0.550. The highest BCUT2D eigenvalue weighted by Crippen LogP contribution is 2.22. The van der Waals surface area contributed by atoms with Gasteiger partial charge in [0.2, 0.25) is 0 Å². The Morgan fingerprint density at radius 2 is 2.04 bits per heavy atom. The number of H-pyrrole nitrogens is 1. The summed E-state index contributed by atoms with van der Waals surface area (Å²) < 4.78 is 3.09. The fraction of sp³-hybridized carbons (Fsp3) is 0.0625. The Labute approximate surface area is 129 Å². The van der Waals surface area contributed by atoms with E-state index in [4.69, 9.17) is 5.73 Å². The van der Waals surface area contributed by atoms with E-state index in [2.05, 4.69) is 9.97 Å². The van der Waals surface area contributed by atoms with Gasteiger partial charge in [-0.3, -0.25) is 9.59 Å². The molecule has 114 valence electrons. The maximum Gasteiger partial charge on any atom is 0.293 e. The second-order valence-corrected chi connectivity index (χ2v) is 5.29. The van der Waals surface area contributed by atoms with Gasteiger partial charge in [-0.05, 0) is 24.3 Å². The van der Waals surface area contributed by atoms with Crippen LogP contribution in [0.3, 0.4) is 0 Å². The van der Waals surface area contributed by atoms with Gasteiger partial charge in [0.15, 0.2) is 5.52 Å². The fourth-order valence-corrected chi connectivity index (χ4v) is 2.85. The van der Waals surface area contributed by atoms with Crippen LogP contribution in [0.1, 0.15) is 10.4 Å². The fourth-order valence-electron chi connectivity index (χ4n) is 2.85. The van der Waals surface area contributed by atoms with Crippen molar-refractivity contribution in [3.8, 4) is 5.69 Å². The average Bonchev–Trinajstić information content (AvgIpc) is 3.09. The summed E-state index contributed by atoms with van der Waals surface area (Å²) in [6.45, 7) is 0. The lowest BCUT2D eigenvalue weighted by molar-refractivity contribution is 0.1000. The molecular weight excluding hydrogens is 294 g/mol. The third kappa shape index (κ3) is 1.80. The molecule has 3 heterocycles. The maximum atomic E-state index is 12.5. The van der Waals surface area contributed by atoms with Crippen LogP contribution in [0, 0.1) is 0 Å². The number of para-hydroxylation sites is 1. The molecule has 0 unspecified atom stereocenters. The monoisotopic (exact) mass is 307 g/mol. The maximum absolute atomic E-state index is 12.5. The number of primary amides is 1. The molecule has 0 aliphatic carbocycles. The molecule has 3 aromatic heterocycles. The third-order valence-corrected chi connectivity index (χ3v) is 3.94. The van der Waals surface area contributed by atoms with Gasteiger partial charge in [0.1, 0.15) is 5.65 Å². The molecule has 0 saturated carbocycles. The van der Waals surface area contributed by atoms with Crippen LogP contribution in [-0.2, 0) is 7.05 Å². The Kier molecular flexibility index (Phi) is 2.65. The van der Waals surface area contributed by atoms with E-state index in [-0.39, 0.29) is 5.56 Å². The first-order chi connectivity index (χ1) is 11.1. The topological polar surface area (TPSA) is 98.7 Å². The molecule has 1 aromatic carbocycles. The van der Waals surface area contributed by atoms with Gasteiger partial charge in [-0.1, -0.05) is 12.1 Å². The number of fused-ring (bicyclic) bond motifs is 2. The molecule has 0 spiro atoms. The summed E-state index contributed by atoms with van der Waals surface area (Å²) in [5, 5.41) is 0.883. The van der Waals surface area contributed by atoms with E-state index in [0.717, 1.165) is 5.39 Å². The smallest absolute Gasteiger partial charge is 0.293 e. The van der Waals surface area contributed by atoms with Gasteiger partial charge < -0.3 is 10.7 Å². The number of nitrogens with one attached hydrogen (secondary N) is 1. The number of carbonyl (C=O) groups excluding carboxylic acids is 1.